The van der Waals surface area contributed by atoms with Gasteiger partial charge >= 0.3 is 0 Å². The van der Waals surface area contributed by atoms with Gasteiger partial charge in [-0.1, -0.05) is 0 Å². The molecule has 0 radical (unpaired) electrons. The molecule has 2 heterocycles. The Labute approximate surface area is 101 Å². The van der Waals surface area contributed by atoms with Gasteiger partial charge in [0, 0.05) is 25.3 Å². The molecule has 1 aromatic rings. The van der Waals surface area contributed by atoms with Crippen molar-refractivity contribution in [2.24, 2.45) is 5.92 Å². The van der Waals surface area contributed by atoms with Crippen molar-refractivity contribution in [2.45, 2.75) is 25.3 Å². The van der Waals surface area contributed by atoms with E-state index in [4.69, 9.17) is 5.73 Å². The molecule has 0 bridgehead atoms. The van der Waals surface area contributed by atoms with Crippen LogP contribution in [0, 0.1) is 5.92 Å². The van der Waals surface area contributed by atoms with E-state index in [1.54, 1.807) is 6.20 Å². The van der Waals surface area contributed by atoms with Gasteiger partial charge in [-0.25, -0.2) is 4.98 Å². The lowest BCUT2D eigenvalue weighted by molar-refractivity contribution is 0.316. The topological polar surface area (TPSA) is 67.1 Å². The molecule has 3 N–H and O–H groups in total. The van der Waals surface area contributed by atoms with E-state index in [-0.39, 0.29) is 0 Å². The molecule has 2 fully saturated rings. The average molecular weight is 233 g/mol. The van der Waals surface area contributed by atoms with Crippen LogP contribution < -0.4 is 11.1 Å². The first-order chi connectivity index (χ1) is 8.31. The number of nitrogens with one attached hydrogen (secondary N) is 1. The quantitative estimate of drug-likeness (QED) is 0.810. The van der Waals surface area contributed by atoms with Crippen molar-refractivity contribution < 1.29 is 0 Å². The second-order valence-electron chi connectivity index (χ2n) is 5.06. The first kappa shape index (κ1) is 10.8. The van der Waals surface area contributed by atoms with Gasteiger partial charge in [-0.05, 0) is 37.8 Å². The van der Waals surface area contributed by atoms with Crippen molar-refractivity contribution in [3.63, 3.8) is 0 Å². The molecule has 5 heteroatoms. The molecular weight excluding hydrogens is 214 g/mol. The summed E-state index contributed by atoms with van der Waals surface area (Å²) >= 11 is 0. The minimum atomic E-state index is 0.334. The lowest BCUT2D eigenvalue weighted by Gasteiger charge is -2.15. The zero-order valence-electron chi connectivity index (χ0n) is 9.97. The van der Waals surface area contributed by atoms with E-state index in [0.29, 0.717) is 5.95 Å². The van der Waals surface area contributed by atoms with Crippen LogP contribution in [-0.4, -0.2) is 40.5 Å². The fourth-order valence-corrected chi connectivity index (χ4v) is 2.52. The summed E-state index contributed by atoms with van der Waals surface area (Å²) in [5.74, 6) is 1.91. The van der Waals surface area contributed by atoms with Gasteiger partial charge < -0.3 is 16.0 Å². The standard InChI is InChI=1S/C12H19N5/c13-12-14-5-3-11(16-12)15-7-9-4-6-17(8-9)10-1-2-10/h3,5,9-10H,1-2,4,6-8H2,(H3,13,14,15,16). The molecule has 92 valence electrons. The van der Waals surface area contributed by atoms with Crippen LogP contribution in [0.15, 0.2) is 12.3 Å². The third kappa shape index (κ3) is 2.66. The van der Waals surface area contributed by atoms with Crippen molar-refractivity contribution in [1.29, 1.82) is 0 Å². The molecule has 1 saturated carbocycles. The van der Waals surface area contributed by atoms with Crippen LogP contribution in [0.4, 0.5) is 11.8 Å². The van der Waals surface area contributed by atoms with E-state index in [0.717, 1.165) is 24.3 Å². The predicted molar refractivity (Wildman–Crippen MR) is 67.6 cm³/mol. The Bertz CT molecular complexity index is 390. The van der Waals surface area contributed by atoms with Gasteiger partial charge in [0.15, 0.2) is 0 Å². The Balaban J connectivity index is 1.48. The molecule has 3 rings (SSSR count). The number of aromatic nitrogens is 2. The highest BCUT2D eigenvalue weighted by Crippen LogP contribution is 2.31. The van der Waals surface area contributed by atoms with Gasteiger partial charge in [0.2, 0.25) is 5.95 Å². The van der Waals surface area contributed by atoms with E-state index < -0.39 is 0 Å². The van der Waals surface area contributed by atoms with E-state index in [1.165, 1.54) is 32.4 Å². The molecule has 5 nitrogen and oxygen atoms in total. The van der Waals surface area contributed by atoms with Crippen LogP contribution in [0.3, 0.4) is 0 Å². The Kier molecular flexibility index (Phi) is 2.84. The minimum Gasteiger partial charge on any atom is -0.370 e. The summed E-state index contributed by atoms with van der Waals surface area (Å²) in [6.07, 6.45) is 5.80. The summed E-state index contributed by atoms with van der Waals surface area (Å²) in [6.45, 7) is 3.49. The van der Waals surface area contributed by atoms with Gasteiger partial charge in [0.25, 0.3) is 0 Å². The highest BCUT2D eigenvalue weighted by atomic mass is 15.2. The number of nitrogens with two attached hydrogens (primary N) is 1. The monoisotopic (exact) mass is 233 g/mol. The molecule has 1 aromatic heterocycles. The number of rotatable bonds is 4. The average Bonchev–Trinajstić information content (AvgIpc) is 3.07. The van der Waals surface area contributed by atoms with E-state index in [1.807, 2.05) is 6.07 Å². The normalized spacial score (nSPS) is 25.1. The number of likely N-dealkylation sites (tertiary alicyclic amines) is 1. The fraction of sp³-hybridized carbons (Fsp3) is 0.667. The summed E-state index contributed by atoms with van der Waals surface area (Å²) in [7, 11) is 0. The Hall–Kier alpha value is -1.36. The second-order valence-corrected chi connectivity index (χ2v) is 5.06. The fourth-order valence-electron chi connectivity index (χ4n) is 2.52. The summed E-state index contributed by atoms with van der Waals surface area (Å²) in [5, 5.41) is 3.35. The van der Waals surface area contributed by atoms with Crippen LogP contribution in [0.1, 0.15) is 19.3 Å². The minimum absolute atomic E-state index is 0.334. The van der Waals surface area contributed by atoms with E-state index in [9.17, 15) is 0 Å². The molecule has 17 heavy (non-hydrogen) atoms. The highest BCUT2D eigenvalue weighted by molar-refractivity contribution is 5.37. The molecule has 0 spiro atoms. The van der Waals surface area contributed by atoms with Gasteiger partial charge in [-0.15, -0.1) is 0 Å². The van der Waals surface area contributed by atoms with E-state index >= 15 is 0 Å². The van der Waals surface area contributed by atoms with Crippen LogP contribution in [0.25, 0.3) is 0 Å². The number of hydrogen-bond acceptors (Lipinski definition) is 5. The third-order valence-corrected chi connectivity index (χ3v) is 3.63. The third-order valence-electron chi connectivity index (χ3n) is 3.63. The van der Waals surface area contributed by atoms with Crippen molar-refractivity contribution >= 4 is 11.8 Å². The molecule has 1 atom stereocenters. The number of hydrogen-bond donors (Lipinski definition) is 2. The molecule has 1 unspecified atom stereocenters. The van der Waals surface area contributed by atoms with Gasteiger partial charge in [-0.2, -0.15) is 4.98 Å². The maximum atomic E-state index is 5.54. The lowest BCUT2D eigenvalue weighted by atomic mass is 10.1. The Morgan fingerprint density at radius 2 is 2.29 bits per heavy atom. The van der Waals surface area contributed by atoms with Gasteiger partial charge in [0.05, 0.1) is 0 Å². The largest absolute Gasteiger partial charge is 0.370 e. The van der Waals surface area contributed by atoms with Gasteiger partial charge in [-0.3, -0.25) is 0 Å². The van der Waals surface area contributed by atoms with Crippen molar-refractivity contribution in [3.05, 3.63) is 12.3 Å². The molecular formula is C12H19N5. The molecule has 2 aliphatic rings. The van der Waals surface area contributed by atoms with Crippen molar-refractivity contribution in [2.75, 3.05) is 30.7 Å². The highest BCUT2D eigenvalue weighted by Gasteiger charge is 2.34. The smallest absolute Gasteiger partial charge is 0.221 e. The molecule has 1 saturated heterocycles. The molecule has 0 amide bonds. The zero-order valence-corrected chi connectivity index (χ0v) is 9.97. The van der Waals surface area contributed by atoms with Crippen molar-refractivity contribution in [3.8, 4) is 0 Å². The zero-order chi connectivity index (χ0) is 11.7. The number of nitrogens with zero attached hydrogens (tertiary/aromatic N) is 3. The first-order valence-corrected chi connectivity index (χ1v) is 6.38. The summed E-state index contributed by atoms with van der Waals surface area (Å²) in [6, 6.07) is 2.76. The molecule has 1 aliphatic heterocycles. The first-order valence-electron chi connectivity index (χ1n) is 6.38. The maximum Gasteiger partial charge on any atom is 0.221 e. The molecule has 0 aromatic carbocycles. The number of anilines is 2. The van der Waals surface area contributed by atoms with Crippen molar-refractivity contribution in [1.82, 2.24) is 14.9 Å². The summed E-state index contributed by atoms with van der Waals surface area (Å²) in [5.41, 5.74) is 5.54. The van der Waals surface area contributed by atoms with Crippen LogP contribution in [0.2, 0.25) is 0 Å². The van der Waals surface area contributed by atoms with Crippen LogP contribution in [0.5, 0.6) is 0 Å². The maximum absolute atomic E-state index is 5.54. The predicted octanol–water partition coefficient (Wildman–Crippen LogP) is 0.955. The molecule has 1 aliphatic carbocycles. The van der Waals surface area contributed by atoms with Crippen LogP contribution >= 0.6 is 0 Å². The summed E-state index contributed by atoms with van der Waals surface area (Å²) in [4.78, 5) is 10.6. The summed E-state index contributed by atoms with van der Waals surface area (Å²) < 4.78 is 0. The Morgan fingerprint density at radius 1 is 1.41 bits per heavy atom. The van der Waals surface area contributed by atoms with Gasteiger partial charge in [0.1, 0.15) is 5.82 Å². The Morgan fingerprint density at radius 3 is 3.06 bits per heavy atom. The van der Waals surface area contributed by atoms with Crippen LogP contribution in [-0.2, 0) is 0 Å². The van der Waals surface area contributed by atoms with E-state index in [2.05, 4.69) is 20.2 Å². The second kappa shape index (κ2) is 4.49. The lowest BCUT2D eigenvalue weighted by Crippen LogP contribution is -2.25. The SMILES string of the molecule is Nc1nccc(NCC2CCN(C3CC3)C2)n1. The number of nitrogen functional groups attached to an aromatic ring is 1.